The van der Waals surface area contributed by atoms with Crippen molar-refractivity contribution in [2.24, 2.45) is 5.73 Å². The number of halogens is 2. The van der Waals surface area contributed by atoms with E-state index < -0.39 is 5.97 Å². The lowest BCUT2D eigenvalue weighted by Gasteiger charge is -2.05. The number of carbonyl (C=O) groups is 1. The largest absolute Gasteiger partial charge is 0.426 e. The Bertz CT molecular complexity index is 558. The van der Waals surface area contributed by atoms with Crippen molar-refractivity contribution in [1.29, 1.82) is 0 Å². The van der Waals surface area contributed by atoms with Crippen LogP contribution in [0.5, 0.6) is 5.75 Å². The molecule has 100 valence electrons. The Balaban J connectivity index is 0.00000180. The minimum Gasteiger partial charge on any atom is -0.426 e. The average Bonchev–Trinajstić information content (AvgIpc) is 2.40. The highest BCUT2D eigenvalue weighted by Gasteiger charge is 2.05. The van der Waals surface area contributed by atoms with Crippen molar-refractivity contribution in [3.63, 3.8) is 0 Å². The summed E-state index contributed by atoms with van der Waals surface area (Å²) in [4.78, 5) is 11.0. The molecule has 0 saturated heterocycles. The second-order valence-electron chi connectivity index (χ2n) is 3.68. The molecular weight excluding hydrogens is 269 g/mol. The lowest BCUT2D eigenvalue weighted by Crippen LogP contribution is -2.19. The predicted octanol–water partition coefficient (Wildman–Crippen LogP) is 2.78. The van der Waals surface area contributed by atoms with E-state index in [4.69, 9.17) is 10.5 Å². The van der Waals surface area contributed by atoms with Crippen LogP contribution in [0.15, 0.2) is 48.5 Å². The summed E-state index contributed by atoms with van der Waals surface area (Å²) in [5.74, 6) is -0.400. The quantitative estimate of drug-likeness (QED) is 0.695. The highest BCUT2D eigenvalue weighted by atomic mass is 35.5. The Morgan fingerprint density at radius 1 is 1.11 bits per heavy atom. The summed E-state index contributed by atoms with van der Waals surface area (Å²) in [6.07, 6.45) is 0. The molecular formula is C14H13ClFNO2. The van der Waals surface area contributed by atoms with E-state index in [1.807, 2.05) is 0 Å². The molecule has 0 amide bonds. The molecule has 5 heteroatoms. The van der Waals surface area contributed by atoms with Gasteiger partial charge in [0.15, 0.2) is 0 Å². The van der Waals surface area contributed by atoms with Gasteiger partial charge in [-0.3, -0.25) is 4.79 Å². The Hall–Kier alpha value is -1.91. The van der Waals surface area contributed by atoms with Gasteiger partial charge in [-0.25, -0.2) is 4.39 Å². The van der Waals surface area contributed by atoms with E-state index >= 15 is 0 Å². The Labute approximate surface area is 116 Å². The van der Waals surface area contributed by atoms with Crippen molar-refractivity contribution < 1.29 is 13.9 Å². The molecule has 0 atom stereocenters. The normalized spacial score (nSPS) is 9.58. The van der Waals surface area contributed by atoms with E-state index in [9.17, 15) is 9.18 Å². The van der Waals surface area contributed by atoms with Crippen LogP contribution in [0.2, 0.25) is 0 Å². The maximum absolute atomic E-state index is 13.5. The minimum absolute atomic E-state index is 0. The van der Waals surface area contributed by atoms with E-state index in [-0.39, 0.29) is 24.8 Å². The van der Waals surface area contributed by atoms with Crippen molar-refractivity contribution in [1.82, 2.24) is 0 Å². The molecule has 0 heterocycles. The Kier molecular flexibility index (Phi) is 5.48. The highest BCUT2D eigenvalue weighted by molar-refractivity contribution is 5.85. The maximum Gasteiger partial charge on any atom is 0.325 e. The summed E-state index contributed by atoms with van der Waals surface area (Å²) in [5, 5.41) is 0. The van der Waals surface area contributed by atoms with Gasteiger partial charge in [0.25, 0.3) is 0 Å². The zero-order chi connectivity index (χ0) is 13.0. The molecule has 19 heavy (non-hydrogen) atoms. The Morgan fingerprint density at radius 2 is 1.74 bits per heavy atom. The smallest absolute Gasteiger partial charge is 0.325 e. The molecule has 2 N–H and O–H groups in total. The number of carbonyl (C=O) groups excluding carboxylic acids is 1. The van der Waals surface area contributed by atoms with Crippen LogP contribution in [-0.2, 0) is 4.79 Å². The van der Waals surface area contributed by atoms with Gasteiger partial charge in [-0.05, 0) is 23.8 Å². The van der Waals surface area contributed by atoms with E-state index in [1.54, 1.807) is 42.5 Å². The number of esters is 1. The molecule has 2 aromatic rings. The zero-order valence-corrected chi connectivity index (χ0v) is 10.8. The van der Waals surface area contributed by atoms with Gasteiger partial charge in [-0.2, -0.15) is 0 Å². The summed E-state index contributed by atoms with van der Waals surface area (Å²) in [5.41, 5.74) is 6.37. The van der Waals surface area contributed by atoms with Gasteiger partial charge in [0.05, 0.1) is 6.54 Å². The molecule has 0 aliphatic heterocycles. The number of hydrogen-bond acceptors (Lipinski definition) is 3. The van der Waals surface area contributed by atoms with Gasteiger partial charge in [0, 0.05) is 5.56 Å². The maximum atomic E-state index is 13.5. The number of hydrogen-bond donors (Lipinski definition) is 1. The minimum atomic E-state index is -0.506. The van der Waals surface area contributed by atoms with Gasteiger partial charge in [0.1, 0.15) is 11.6 Å². The molecule has 0 bridgehead atoms. The SMILES string of the molecule is Cl.NCC(=O)Oc1ccc(-c2ccccc2F)cc1. The van der Waals surface area contributed by atoms with E-state index in [0.29, 0.717) is 11.3 Å². The van der Waals surface area contributed by atoms with Crippen LogP contribution in [0.25, 0.3) is 11.1 Å². The lowest BCUT2D eigenvalue weighted by atomic mass is 10.1. The van der Waals surface area contributed by atoms with Gasteiger partial charge < -0.3 is 10.5 Å². The lowest BCUT2D eigenvalue weighted by molar-refractivity contribution is -0.132. The molecule has 2 aromatic carbocycles. The third-order valence-corrected chi connectivity index (χ3v) is 2.44. The fraction of sp³-hybridized carbons (Fsp3) is 0.0714. The van der Waals surface area contributed by atoms with Crippen LogP contribution in [0.3, 0.4) is 0 Å². The fourth-order valence-electron chi connectivity index (χ4n) is 1.57. The monoisotopic (exact) mass is 281 g/mol. The van der Waals surface area contributed by atoms with Crippen LogP contribution < -0.4 is 10.5 Å². The van der Waals surface area contributed by atoms with E-state index in [2.05, 4.69) is 0 Å². The van der Waals surface area contributed by atoms with Crippen molar-refractivity contribution in [3.8, 4) is 16.9 Å². The molecule has 0 aliphatic carbocycles. The fourth-order valence-corrected chi connectivity index (χ4v) is 1.57. The van der Waals surface area contributed by atoms with Gasteiger partial charge in [-0.1, -0.05) is 30.3 Å². The molecule has 0 fully saturated rings. The zero-order valence-electron chi connectivity index (χ0n) is 10.0. The van der Waals surface area contributed by atoms with Gasteiger partial charge in [-0.15, -0.1) is 12.4 Å². The second kappa shape index (κ2) is 6.87. The number of ether oxygens (including phenoxy) is 1. The van der Waals surface area contributed by atoms with Crippen LogP contribution in [-0.4, -0.2) is 12.5 Å². The third kappa shape index (κ3) is 3.77. The third-order valence-electron chi connectivity index (χ3n) is 2.44. The molecule has 0 spiro atoms. The second-order valence-corrected chi connectivity index (χ2v) is 3.68. The molecule has 0 unspecified atom stereocenters. The molecule has 2 rings (SSSR count). The summed E-state index contributed by atoms with van der Waals surface area (Å²) in [6, 6.07) is 13.1. The van der Waals surface area contributed by atoms with Crippen LogP contribution in [0, 0.1) is 5.82 Å². The molecule has 0 saturated carbocycles. The van der Waals surface area contributed by atoms with Gasteiger partial charge in [0.2, 0.25) is 0 Å². The first-order valence-electron chi connectivity index (χ1n) is 5.46. The first-order valence-corrected chi connectivity index (χ1v) is 5.46. The molecule has 0 aromatic heterocycles. The van der Waals surface area contributed by atoms with Crippen molar-refractivity contribution in [2.75, 3.05) is 6.54 Å². The summed E-state index contributed by atoms with van der Waals surface area (Å²) in [7, 11) is 0. The summed E-state index contributed by atoms with van der Waals surface area (Å²) < 4.78 is 18.5. The van der Waals surface area contributed by atoms with Crippen LogP contribution >= 0.6 is 12.4 Å². The highest BCUT2D eigenvalue weighted by Crippen LogP contribution is 2.24. The molecule has 3 nitrogen and oxygen atoms in total. The standard InChI is InChI=1S/C14H12FNO2.ClH/c15-13-4-2-1-3-12(13)10-5-7-11(8-6-10)18-14(17)9-16;/h1-8H,9,16H2;1H. The number of benzene rings is 2. The number of rotatable bonds is 3. The molecule has 0 aliphatic rings. The van der Waals surface area contributed by atoms with Gasteiger partial charge >= 0.3 is 5.97 Å². The summed E-state index contributed by atoms with van der Waals surface area (Å²) >= 11 is 0. The predicted molar refractivity (Wildman–Crippen MR) is 73.8 cm³/mol. The summed E-state index contributed by atoms with van der Waals surface area (Å²) in [6.45, 7) is -0.172. The van der Waals surface area contributed by atoms with Crippen molar-refractivity contribution in [2.45, 2.75) is 0 Å². The first-order chi connectivity index (χ1) is 8.70. The first kappa shape index (κ1) is 15.1. The topological polar surface area (TPSA) is 52.3 Å². The van der Waals surface area contributed by atoms with Crippen molar-refractivity contribution >= 4 is 18.4 Å². The van der Waals surface area contributed by atoms with Crippen LogP contribution in [0.4, 0.5) is 4.39 Å². The van der Waals surface area contributed by atoms with E-state index in [1.165, 1.54) is 6.07 Å². The average molecular weight is 282 g/mol. The van der Waals surface area contributed by atoms with E-state index in [0.717, 1.165) is 5.56 Å². The number of nitrogens with two attached hydrogens (primary N) is 1. The Morgan fingerprint density at radius 3 is 2.32 bits per heavy atom. The van der Waals surface area contributed by atoms with Crippen LogP contribution in [0.1, 0.15) is 0 Å². The van der Waals surface area contributed by atoms with Crippen molar-refractivity contribution in [3.05, 3.63) is 54.3 Å². The molecule has 0 radical (unpaired) electrons.